The van der Waals surface area contributed by atoms with Gasteiger partial charge < -0.3 is 31.5 Å². The molecule has 688 valence electrons. The molecule has 28 rings (SSSR count). The van der Waals surface area contributed by atoms with E-state index in [1.807, 2.05) is 72.8 Å². The van der Waals surface area contributed by atoms with Gasteiger partial charge in [0.2, 0.25) is 0 Å². The van der Waals surface area contributed by atoms with Crippen molar-refractivity contribution in [2.45, 2.75) is 37.4 Å². The number of benzene rings is 21. The summed E-state index contributed by atoms with van der Waals surface area (Å²) in [4.78, 5) is 7.98. The summed E-state index contributed by atoms with van der Waals surface area (Å²) < 4.78 is 1.14. The molecule has 1 aliphatic carbocycles. The third kappa shape index (κ3) is 16.1. The third-order valence-corrected chi connectivity index (χ3v) is 30.3. The van der Waals surface area contributed by atoms with Gasteiger partial charge in [-0.2, -0.15) is 0 Å². The Morgan fingerprint density at radius 3 is 0.910 bits per heavy atom. The maximum atomic E-state index is 6.23. The fourth-order valence-electron chi connectivity index (χ4n) is 23.3. The smallest absolute Gasteiger partial charge is 0.0858 e. The second kappa shape index (κ2) is 38.5. The summed E-state index contributed by atoms with van der Waals surface area (Å²) in [6.45, 7) is 0. The van der Waals surface area contributed by atoms with Crippen molar-refractivity contribution in [2.75, 3.05) is 31.5 Å². The van der Waals surface area contributed by atoms with Crippen LogP contribution in [0.3, 0.4) is 0 Å². The topological polar surface area (TPSA) is 73.8 Å². The third-order valence-electron chi connectivity index (χ3n) is 29.6. The predicted octanol–water partition coefficient (Wildman–Crippen LogP) is 35.8. The normalized spacial score (nSPS) is 14.1. The molecule has 0 saturated heterocycles. The summed E-state index contributed by atoms with van der Waals surface area (Å²) in [7, 11) is 0. The SMILES string of the molecule is Brc1ccccc1-c1ccccc1.Nc1ccccc1C1=CC=C=C=C1Cc1ccccc1-c1ccccc1N.c1ccc(-c2ccccc2Cc2ccccc2-c2ccccc2Nc2ccccc2-c2ccccc2Cc2ccccc2-c2ccccc2)cc1.c1ccc2c(c1)-c1ccccc1N1c3cccc4c3-c3c(cccc3N3c5cccc6c5-c5c(cccc5N5c7ccccc7-c7ccccc7C65)C43)C21. The van der Waals surface area contributed by atoms with Crippen LogP contribution in [0.15, 0.2) is 537 Å². The van der Waals surface area contributed by atoms with Gasteiger partial charge in [0, 0.05) is 106 Å². The van der Waals surface area contributed by atoms with Crippen LogP contribution in [0.5, 0.6) is 0 Å². The minimum atomic E-state index is 0.0214. The molecule has 2 unspecified atom stereocenters. The van der Waals surface area contributed by atoms with Crippen molar-refractivity contribution >= 4 is 78.4 Å². The zero-order chi connectivity index (χ0) is 96.8. The summed E-state index contributed by atoms with van der Waals surface area (Å²) in [6.07, 6.45) is 6.34. The van der Waals surface area contributed by atoms with Crippen LogP contribution in [-0.4, -0.2) is 0 Å². The molecule has 6 nitrogen and oxygen atoms in total. The molecule has 0 spiro atoms. The average molecular weight is 1920 g/mol. The van der Waals surface area contributed by atoms with E-state index in [0.717, 1.165) is 74.3 Å². The Morgan fingerprint density at radius 2 is 0.497 bits per heavy atom. The van der Waals surface area contributed by atoms with Crippen LogP contribution in [0.4, 0.5) is 56.9 Å². The van der Waals surface area contributed by atoms with Gasteiger partial charge in [-0.05, 0) is 220 Å². The van der Waals surface area contributed by atoms with Gasteiger partial charge in [0.1, 0.15) is 0 Å². The first-order valence-corrected chi connectivity index (χ1v) is 50.7. The quantitative estimate of drug-likeness (QED) is 0.0702. The predicted molar refractivity (Wildman–Crippen MR) is 609 cm³/mol. The maximum absolute atomic E-state index is 6.23. The Morgan fingerprint density at radius 1 is 0.221 bits per heavy atom. The van der Waals surface area contributed by atoms with E-state index < -0.39 is 0 Å². The number of allylic oxidation sites excluding steroid dienone is 4. The number of halogens is 1. The van der Waals surface area contributed by atoms with Crippen molar-refractivity contribution in [1.82, 2.24) is 0 Å². The van der Waals surface area contributed by atoms with Crippen LogP contribution in [0.2, 0.25) is 0 Å². The van der Waals surface area contributed by atoms with Crippen LogP contribution in [0.25, 0.3) is 117 Å². The standard InChI is InChI=1S/C51H31N3.C50H39N.C25H20N2.C12H9Br/c1-3-17-33-29(13-1)31-15-5-7-23-39(31)52-41-25-11-21-37-47(41)45-35(49(33)52)19-9-27-43(45)54-44-28-10-20-36-46(44)48-38(51(37)54)22-12-26-42(48)53-40-24-8-6-16-32(40)30-14-2-4-18-34(30)50(36)53;1-3-19-37(20-4-1)43-27-11-7-23-39(43)35-41-25-9-13-29-45(41)47-31-15-17-33-49(47)51-50-34-18-16-32-48(50)46-30-14-10-26-42(46)36-40-24-8-12-28-44(40)38-21-5-2-6-22-38;26-24-15-7-5-13-22(24)20-11-3-1-9-18(20)17-19-10-2-4-12-21(19)23-14-6-8-16-25(23)27;13-12-9-5-4-8-11(12)10-6-2-1-3-7-10/h1-28,49-51H;1-34,51H,35-36H2;1,3-9,11-16H,17,26-27H2;1-9H. The molecule has 6 heterocycles. The number of nitrogen functional groups attached to an aromatic ring is 2. The summed E-state index contributed by atoms with van der Waals surface area (Å²) in [5.74, 6) is 0. The molecule has 0 amide bonds. The van der Waals surface area contributed by atoms with E-state index in [2.05, 4.69) is 490 Å². The number of rotatable bonds is 15. The molecule has 7 aliphatic rings. The van der Waals surface area contributed by atoms with Crippen molar-refractivity contribution in [2.24, 2.45) is 0 Å². The zero-order valence-electron chi connectivity index (χ0n) is 79.8. The minimum Gasteiger partial charge on any atom is -0.398 e. The molecule has 7 heteroatoms. The average Bonchev–Trinajstić information content (AvgIpc) is 0.666. The van der Waals surface area contributed by atoms with Gasteiger partial charge in [-0.25, -0.2) is 0 Å². The minimum absolute atomic E-state index is 0.0214. The van der Waals surface area contributed by atoms with Crippen molar-refractivity contribution in [3.05, 3.63) is 604 Å². The lowest BCUT2D eigenvalue weighted by Gasteiger charge is -2.53. The van der Waals surface area contributed by atoms with Gasteiger partial charge in [0.05, 0.1) is 40.9 Å². The Hall–Kier alpha value is -18.1. The molecule has 145 heavy (non-hydrogen) atoms. The van der Waals surface area contributed by atoms with E-state index in [-0.39, 0.29) is 18.1 Å². The fraction of sp³-hybridized carbons (Fsp3) is 0.0435. The summed E-state index contributed by atoms with van der Waals surface area (Å²) in [5, 5.41) is 3.89. The Labute approximate surface area is 856 Å². The van der Waals surface area contributed by atoms with Gasteiger partial charge in [-0.15, -0.1) is 0 Å². The largest absolute Gasteiger partial charge is 0.398 e. The first kappa shape index (κ1) is 88.4. The highest BCUT2D eigenvalue weighted by molar-refractivity contribution is 9.10. The van der Waals surface area contributed by atoms with E-state index >= 15 is 0 Å². The highest BCUT2D eigenvalue weighted by Crippen LogP contribution is 2.69. The molecule has 0 fully saturated rings. The first-order valence-electron chi connectivity index (χ1n) is 49.9. The number of nitrogens with two attached hydrogens (primary N) is 2. The van der Waals surface area contributed by atoms with E-state index in [1.165, 1.54) is 195 Å². The monoisotopic (exact) mass is 1920 g/mol. The number of fused-ring (bicyclic) bond motifs is 21. The van der Waals surface area contributed by atoms with Crippen LogP contribution < -0.4 is 31.5 Å². The van der Waals surface area contributed by atoms with E-state index in [4.69, 9.17) is 11.5 Å². The van der Waals surface area contributed by atoms with E-state index in [9.17, 15) is 0 Å². The molecule has 21 aromatic carbocycles. The van der Waals surface area contributed by atoms with Gasteiger partial charge in [-0.1, -0.05) is 464 Å². The van der Waals surface area contributed by atoms with Crippen molar-refractivity contribution in [3.8, 4) is 111 Å². The number of anilines is 10. The van der Waals surface area contributed by atoms with Gasteiger partial charge in [0.25, 0.3) is 0 Å². The second-order valence-electron chi connectivity index (χ2n) is 37.8. The van der Waals surface area contributed by atoms with Gasteiger partial charge >= 0.3 is 0 Å². The van der Waals surface area contributed by atoms with Crippen molar-refractivity contribution in [1.29, 1.82) is 0 Å². The molecule has 5 N–H and O–H groups in total. The Kier molecular flexibility index (Phi) is 23.5. The first-order chi connectivity index (χ1) is 71.8. The zero-order valence-corrected chi connectivity index (χ0v) is 81.4. The Bertz CT molecular complexity index is 8180. The Balaban J connectivity index is 0.000000111. The second-order valence-corrected chi connectivity index (χ2v) is 38.6. The van der Waals surface area contributed by atoms with Gasteiger partial charge in [0.15, 0.2) is 0 Å². The van der Waals surface area contributed by atoms with Gasteiger partial charge in [-0.3, -0.25) is 0 Å². The molecule has 0 aromatic heterocycles. The number of para-hydroxylation sites is 6. The molecule has 6 aliphatic heterocycles. The molecule has 2 atom stereocenters. The molecule has 0 radical (unpaired) electrons. The van der Waals surface area contributed by atoms with E-state index in [0.29, 0.717) is 0 Å². The number of nitrogens with one attached hydrogen (secondary N) is 1. The highest BCUT2D eigenvalue weighted by Gasteiger charge is 2.50. The fourth-order valence-corrected chi connectivity index (χ4v) is 23.9. The lowest BCUT2D eigenvalue weighted by Crippen LogP contribution is -2.40. The number of hydrogen-bond donors (Lipinski definition) is 3. The molecule has 0 bridgehead atoms. The maximum Gasteiger partial charge on any atom is 0.0858 e. The van der Waals surface area contributed by atoms with E-state index in [1.54, 1.807) is 0 Å². The van der Waals surface area contributed by atoms with Crippen molar-refractivity contribution < 1.29 is 0 Å². The highest BCUT2D eigenvalue weighted by atomic mass is 79.9. The van der Waals surface area contributed by atoms with Crippen LogP contribution >= 0.6 is 15.9 Å². The summed E-state index contributed by atoms with van der Waals surface area (Å²) >= 11 is 3.53. The summed E-state index contributed by atoms with van der Waals surface area (Å²) in [5.41, 5.74) is 73.4. The van der Waals surface area contributed by atoms with Crippen LogP contribution in [0.1, 0.15) is 84.9 Å². The van der Waals surface area contributed by atoms with Crippen molar-refractivity contribution in [3.63, 3.8) is 0 Å². The molecule has 0 saturated carbocycles. The lowest BCUT2D eigenvalue weighted by molar-refractivity contribution is 0.750. The molecular weight excluding hydrogens is 1820 g/mol. The van der Waals surface area contributed by atoms with Crippen LogP contribution in [0, 0.1) is 0 Å². The molecular formula is C138H99BrN6. The summed E-state index contributed by atoms with van der Waals surface area (Å²) in [6, 6.07) is 181. The number of nitrogens with zero attached hydrogens (tertiary/aromatic N) is 3. The van der Waals surface area contributed by atoms with Crippen LogP contribution in [-0.2, 0) is 19.3 Å². The molecule has 21 aromatic rings. The lowest BCUT2D eigenvalue weighted by atomic mass is 9.70. The number of hydrogen-bond acceptors (Lipinski definition) is 6.